The zero-order valence-corrected chi connectivity index (χ0v) is 14.2. The summed E-state index contributed by atoms with van der Waals surface area (Å²) in [6.07, 6.45) is 0.873. The molecule has 0 aliphatic carbocycles. The van der Waals surface area contributed by atoms with Crippen LogP contribution in [0.3, 0.4) is 0 Å². The van der Waals surface area contributed by atoms with Crippen molar-refractivity contribution in [3.63, 3.8) is 0 Å². The van der Waals surface area contributed by atoms with Gasteiger partial charge in [-0.2, -0.15) is 0 Å². The van der Waals surface area contributed by atoms with Gasteiger partial charge in [0.15, 0.2) is 0 Å². The molecule has 0 N–H and O–H groups in total. The van der Waals surface area contributed by atoms with Gasteiger partial charge in [-0.1, -0.05) is 38.1 Å². The molecule has 126 valence electrons. The second-order valence-electron chi connectivity index (χ2n) is 6.24. The SMILES string of the molecule is COCCN(CC(=O)N1CCc2ccccc2C1)C(=O)C(C)C. The summed E-state index contributed by atoms with van der Waals surface area (Å²) in [5.74, 6) is -0.126. The highest BCUT2D eigenvalue weighted by atomic mass is 16.5. The fraction of sp³-hybridized carbons (Fsp3) is 0.556. The lowest BCUT2D eigenvalue weighted by Crippen LogP contribution is -2.46. The van der Waals surface area contributed by atoms with Gasteiger partial charge in [0.05, 0.1) is 13.2 Å². The van der Waals surface area contributed by atoms with Gasteiger partial charge >= 0.3 is 0 Å². The summed E-state index contributed by atoms with van der Waals surface area (Å²) >= 11 is 0. The Bertz CT molecular complexity index is 557. The van der Waals surface area contributed by atoms with Crippen LogP contribution in [0.15, 0.2) is 24.3 Å². The van der Waals surface area contributed by atoms with Gasteiger partial charge in [0.1, 0.15) is 0 Å². The minimum Gasteiger partial charge on any atom is -0.383 e. The molecule has 5 heteroatoms. The van der Waals surface area contributed by atoms with E-state index in [-0.39, 0.29) is 24.3 Å². The van der Waals surface area contributed by atoms with E-state index in [0.717, 1.165) is 6.42 Å². The van der Waals surface area contributed by atoms with E-state index in [1.807, 2.05) is 30.9 Å². The summed E-state index contributed by atoms with van der Waals surface area (Å²) < 4.78 is 5.06. The molecular formula is C18H26N2O3. The average molecular weight is 318 g/mol. The highest BCUT2D eigenvalue weighted by molar-refractivity contribution is 5.85. The first-order chi connectivity index (χ1) is 11.0. The summed E-state index contributed by atoms with van der Waals surface area (Å²) in [4.78, 5) is 28.3. The fourth-order valence-electron chi connectivity index (χ4n) is 2.81. The highest BCUT2D eigenvalue weighted by Crippen LogP contribution is 2.18. The zero-order chi connectivity index (χ0) is 16.8. The quantitative estimate of drug-likeness (QED) is 0.802. The minimum atomic E-state index is -0.123. The Morgan fingerprint density at radius 2 is 1.96 bits per heavy atom. The number of methoxy groups -OCH3 is 1. The third-order valence-electron chi connectivity index (χ3n) is 4.18. The molecule has 0 aromatic heterocycles. The normalized spacial score (nSPS) is 13.8. The van der Waals surface area contributed by atoms with Crippen LogP contribution in [-0.4, -0.2) is 55.0 Å². The monoisotopic (exact) mass is 318 g/mol. The summed E-state index contributed by atoms with van der Waals surface area (Å²) in [5, 5.41) is 0. The number of rotatable bonds is 6. The van der Waals surface area contributed by atoms with Gasteiger partial charge in [0.2, 0.25) is 11.8 Å². The standard InChI is InChI=1S/C18H26N2O3/c1-14(2)18(22)20(10-11-23-3)13-17(21)19-9-8-15-6-4-5-7-16(15)12-19/h4-7,14H,8-13H2,1-3H3. The van der Waals surface area contributed by atoms with E-state index in [0.29, 0.717) is 26.2 Å². The molecule has 0 unspecified atom stereocenters. The molecule has 5 nitrogen and oxygen atoms in total. The molecule has 2 amide bonds. The summed E-state index contributed by atoms with van der Waals surface area (Å²) in [6, 6.07) is 8.21. The maximum absolute atomic E-state index is 12.6. The van der Waals surface area contributed by atoms with Crippen molar-refractivity contribution < 1.29 is 14.3 Å². The van der Waals surface area contributed by atoms with Crippen LogP contribution in [0.1, 0.15) is 25.0 Å². The Hall–Kier alpha value is -1.88. The first-order valence-corrected chi connectivity index (χ1v) is 8.15. The van der Waals surface area contributed by atoms with E-state index < -0.39 is 0 Å². The van der Waals surface area contributed by atoms with E-state index in [9.17, 15) is 9.59 Å². The Kier molecular flexibility index (Phi) is 6.16. The van der Waals surface area contributed by atoms with Gasteiger partial charge in [0.25, 0.3) is 0 Å². The van der Waals surface area contributed by atoms with E-state index >= 15 is 0 Å². The van der Waals surface area contributed by atoms with Crippen LogP contribution in [0, 0.1) is 5.92 Å². The van der Waals surface area contributed by atoms with Crippen LogP contribution in [0.2, 0.25) is 0 Å². The van der Waals surface area contributed by atoms with Crippen molar-refractivity contribution in [1.82, 2.24) is 9.80 Å². The molecule has 0 radical (unpaired) electrons. The Balaban J connectivity index is 2.00. The summed E-state index contributed by atoms with van der Waals surface area (Å²) in [6.45, 7) is 6.06. The van der Waals surface area contributed by atoms with Crippen LogP contribution in [-0.2, 0) is 27.3 Å². The van der Waals surface area contributed by atoms with E-state index in [2.05, 4.69) is 12.1 Å². The van der Waals surface area contributed by atoms with Gasteiger partial charge in [0, 0.05) is 32.7 Å². The maximum atomic E-state index is 12.6. The van der Waals surface area contributed by atoms with Crippen LogP contribution < -0.4 is 0 Å². The molecule has 1 aromatic carbocycles. The lowest BCUT2D eigenvalue weighted by Gasteiger charge is -2.31. The molecule has 2 rings (SSSR count). The highest BCUT2D eigenvalue weighted by Gasteiger charge is 2.25. The lowest BCUT2D eigenvalue weighted by molar-refractivity contribution is -0.143. The predicted octanol–water partition coefficient (Wildman–Crippen LogP) is 1.70. The zero-order valence-electron chi connectivity index (χ0n) is 14.2. The number of benzene rings is 1. The van der Waals surface area contributed by atoms with Crippen molar-refractivity contribution in [2.24, 2.45) is 5.92 Å². The molecule has 1 aliphatic heterocycles. The van der Waals surface area contributed by atoms with Crippen LogP contribution in [0.5, 0.6) is 0 Å². The third-order valence-corrected chi connectivity index (χ3v) is 4.18. The van der Waals surface area contributed by atoms with Crippen LogP contribution >= 0.6 is 0 Å². The topological polar surface area (TPSA) is 49.9 Å². The molecule has 0 fully saturated rings. The number of hydrogen-bond acceptors (Lipinski definition) is 3. The van der Waals surface area contributed by atoms with Gasteiger partial charge < -0.3 is 14.5 Å². The van der Waals surface area contributed by atoms with Crippen molar-refractivity contribution in [3.8, 4) is 0 Å². The largest absolute Gasteiger partial charge is 0.383 e. The summed E-state index contributed by atoms with van der Waals surface area (Å²) in [5.41, 5.74) is 2.51. The molecule has 0 spiro atoms. The van der Waals surface area contributed by atoms with Crippen molar-refractivity contribution in [2.45, 2.75) is 26.8 Å². The molecule has 23 heavy (non-hydrogen) atoms. The van der Waals surface area contributed by atoms with Crippen LogP contribution in [0.25, 0.3) is 0 Å². The Labute approximate surface area is 138 Å². The minimum absolute atomic E-state index is 0.00426. The maximum Gasteiger partial charge on any atom is 0.242 e. The first kappa shape index (κ1) is 17.5. The van der Waals surface area contributed by atoms with Gasteiger partial charge in [-0.15, -0.1) is 0 Å². The molecule has 1 aliphatic rings. The van der Waals surface area contributed by atoms with Crippen molar-refractivity contribution in [1.29, 1.82) is 0 Å². The number of ether oxygens (including phenoxy) is 1. The molecular weight excluding hydrogens is 292 g/mol. The van der Waals surface area contributed by atoms with Crippen molar-refractivity contribution >= 4 is 11.8 Å². The number of nitrogens with zero attached hydrogens (tertiary/aromatic N) is 2. The van der Waals surface area contributed by atoms with Gasteiger partial charge in [-0.3, -0.25) is 9.59 Å². The number of carbonyl (C=O) groups is 2. The predicted molar refractivity (Wildman–Crippen MR) is 88.9 cm³/mol. The average Bonchev–Trinajstić information content (AvgIpc) is 2.57. The van der Waals surface area contributed by atoms with Crippen molar-refractivity contribution in [2.75, 3.05) is 33.4 Å². The molecule has 0 atom stereocenters. The number of fused-ring (bicyclic) bond motifs is 1. The molecule has 0 saturated heterocycles. The smallest absolute Gasteiger partial charge is 0.242 e. The second kappa shape index (κ2) is 8.11. The Morgan fingerprint density at radius 1 is 1.26 bits per heavy atom. The third kappa shape index (κ3) is 4.55. The number of hydrogen-bond donors (Lipinski definition) is 0. The molecule has 0 bridgehead atoms. The molecule has 1 aromatic rings. The second-order valence-corrected chi connectivity index (χ2v) is 6.24. The van der Waals surface area contributed by atoms with E-state index in [1.54, 1.807) is 12.0 Å². The fourth-order valence-corrected chi connectivity index (χ4v) is 2.81. The molecule has 0 saturated carbocycles. The number of carbonyl (C=O) groups excluding carboxylic acids is 2. The van der Waals surface area contributed by atoms with E-state index in [4.69, 9.17) is 4.74 Å². The van der Waals surface area contributed by atoms with Gasteiger partial charge in [-0.05, 0) is 17.5 Å². The van der Waals surface area contributed by atoms with E-state index in [1.165, 1.54) is 11.1 Å². The molecule has 1 heterocycles. The number of amides is 2. The van der Waals surface area contributed by atoms with Crippen molar-refractivity contribution in [3.05, 3.63) is 35.4 Å². The first-order valence-electron chi connectivity index (χ1n) is 8.15. The summed E-state index contributed by atoms with van der Waals surface area (Å²) in [7, 11) is 1.60. The van der Waals surface area contributed by atoms with Gasteiger partial charge in [-0.25, -0.2) is 0 Å². The lowest BCUT2D eigenvalue weighted by atomic mass is 10.00. The Morgan fingerprint density at radius 3 is 2.61 bits per heavy atom. The van der Waals surface area contributed by atoms with Crippen LogP contribution in [0.4, 0.5) is 0 Å².